The van der Waals surface area contributed by atoms with Crippen molar-refractivity contribution < 1.29 is 5.11 Å². The third-order valence-corrected chi connectivity index (χ3v) is 4.54. The van der Waals surface area contributed by atoms with E-state index in [1.807, 2.05) is 18.2 Å². The molecule has 0 radical (unpaired) electrons. The molecule has 0 heterocycles. The molecule has 0 amide bonds. The lowest BCUT2D eigenvalue weighted by Gasteiger charge is -2.41. The number of rotatable bonds is 6. The maximum atomic E-state index is 10.5. The fourth-order valence-electron chi connectivity index (χ4n) is 2.37. The van der Waals surface area contributed by atoms with Gasteiger partial charge in [0.15, 0.2) is 0 Å². The highest BCUT2D eigenvalue weighted by molar-refractivity contribution is 9.10. The van der Waals surface area contributed by atoms with E-state index in [0.717, 1.165) is 23.1 Å². The van der Waals surface area contributed by atoms with Crippen molar-refractivity contribution in [2.45, 2.75) is 45.8 Å². The second-order valence-corrected chi connectivity index (χ2v) is 5.99. The smallest absolute Gasteiger partial charge is 0.0759 e. The van der Waals surface area contributed by atoms with Crippen molar-refractivity contribution in [1.82, 2.24) is 4.90 Å². The molecule has 0 aliphatic heterocycles. The molecule has 1 rings (SSSR count). The van der Waals surface area contributed by atoms with Gasteiger partial charge in [0.1, 0.15) is 0 Å². The predicted molar refractivity (Wildman–Crippen MR) is 80.9 cm³/mol. The monoisotopic (exact) mass is 313 g/mol. The summed E-state index contributed by atoms with van der Waals surface area (Å²) in [6, 6.07) is 8.09. The Labute approximate surface area is 119 Å². The van der Waals surface area contributed by atoms with Gasteiger partial charge in [-0.05, 0) is 38.6 Å². The van der Waals surface area contributed by atoms with E-state index in [1.54, 1.807) is 0 Å². The van der Waals surface area contributed by atoms with E-state index in [-0.39, 0.29) is 11.6 Å². The van der Waals surface area contributed by atoms with E-state index < -0.39 is 0 Å². The van der Waals surface area contributed by atoms with Gasteiger partial charge in [0, 0.05) is 16.4 Å². The van der Waals surface area contributed by atoms with Crippen LogP contribution >= 0.6 is 15.9 Å². The Morgan fingerprint density at radius 3 is 2.28 bits per heavy atom. The van der Waals surface area contributed by atoms with Crippen molar-refractivity contribution in [3.63, 3.8) is 0 Å². The first-order valence-electron chi connectivity index (χ1n) is 6.60. The van der Waals surface area contributed by atoms with Crippen molar-refractivity contribution in [2.24, 2.45) is 0 Å². The molecule has 0 spiro atoms. The highest BCUT2D eigenvalue weighted by Crippen LogP contribution is 2.25. The summed E-state index contributed by atoms with van der Waals surface area (Å²) in [6.45, 7) is 10.4. The van der Waals surface area contributed by atoms with Gasteiger partial charge in [-0.25, -0.2) is 0 Å². The molecule has 1 unspecified atom stereocenters. The zero-order chi connectivity index (χ0) is 13.8. The molecule has 1 atom stereocenters. The number of hydrogen-bond donors (Lipinski definition) is 1. The zero-order valence-electron chi connectivity index (χ0n) is 11.8. The van der Waals surface area contributed by atoms with Crippen LogP contribution in [0.1, 0.15) is 33.3 Å². The molecule has 0 fully saturated rings. The molecule has 1 N–H and O–H groups in total. The van der Waals surface area contributed by atoms with Crippen LogP contribution in [-0.2, 0) is 6.42 Å². The average Bonchev–Trinajstić information content (AvgIpc) is 2.33. The van der Waals surface area contributed by atoms with Gasteiger partial charge in [0.25, 0.3) is 0 Å². The van der Waals surface area contributed by atoms with Crippen LogP contribution < -0.4 is 0 Å². The van der Waals surface area contributed by atoms with E-state index in [0.29, 0.717) is 6.42 Å². The topological polar surface area (TPSA) is 23.5 Å². The van der Waals surface area contributed by atoms with Gasteiger partial charge in [0.2, 0.25) is 0 Å². The lowest BCUT2D eigenvalue weighted by atomic mass is 9.90. The van der Waals surface area contributed by atoms with Crippen LogP contribution in [0, 0.1) is 0 Å². The molecular weight excluding hydrogens is 290 g/mol. The van der Waals surface area contributed by atoms with Crippen LogP contribution in [0.4, 0.5) is 0 Å². The maximum absolute atomic E-state index is 10.5. The first-order chi connectivity index (χ1) is 8.43. The van der Waals surface area contributed by atoms with Gasteiger partial charge in [-0.3, -0.25) is 4.90 Å². The number of aliphatic hydroxyl groups excluding tert-OH is 1. The minimum Gasteiger partial charge on any atom is -0.391 e. The second kappa shape index (κ2) is 6.69. The van der Waals surface area contributed by atoms with Crippen molar-refractivity contribution in [3.8, 4) is 0 Å². The molecule has 102 valence electrons. The molecular formula is C15H24BrNO. The normalized spacial score (nSPS) is 13.9. The van der Waals surface area contributed by atoms with Crippen LogP contribution in [0.25, 0.3) is 0 Å². The lowest BCUT2D eigenvalue weighted by Crippen LogP contribution is -2.53. The van der Waals surface area contributed by atoms with Crippen LogP contribution in [0.2, 0.25) is 0 Å². The minimum absolute atomic E-state index is 0.210. The molecule has 0 saturated heterocycles. The SMILES string of the molecule is CCN(CC)C(C)(C)C(O)Cc1ccccc1Br. The summed E-state index contributed by atoms with van der Waals surface area (Å²) >= 11 is 3.54. The summed E-state index contributed by atoms with van der Waals surface area (Å²) in [5, 5.41) is 10.5. The molecule has 18 heavy (non-hydrogen) atoms. The van der Waals surface area contributed by atoms with Gasteiger partial charge in [-0.15, -0.1) is 0 Å². The van der Waals surface area contributed by atoms with Gasteiger partial charge >= 0.3 is 0 Å². The van der Waals surface area contributed by atoms with Gasteiger partial charge < -0.3 is 5.11 Å². The highest BCUT2D eigenvalue weighted by Gasteiger charge is 2.32. The van der Waals surface area contributed by atoms with E-state index in [9.17, 15) is 5.11 Å². The van der Waals surface area contributed by atoms with Crippen molar-refractivity contribution in [2.75, 3.05) is 13.1 Å². The molecule has 0 saturated carbocycles. The van der Waals surface area contributed by atoms with Crippen LogP contribution in [-0.4, -0.2) is 34.7 Å². The second-order valence-electron chi connectivity index (χ2n) is 5.14. The first kappa shape index (κ1) is 15.7. The standard InChI is InChI=1S/C15H24BrNO/c1-5-17(6-2)15(3,4)14(18)11-12-9-7-8-10-13(12)16/h7-10,14,18H,5-6,11H2,1-4H3. The Bertz CT molecular complexity index is 375. The Hall–Kier alpha value is -0.380. The van der Waals surface area contributed by atoms with Gasteiger partial charge in [-0.1, -0.05) is 48.0 Å². The Kier molecular flexibility index (Phi) is 5.83. The predicted octanol–water partition coefficient (Wildman–Crippen LogP) is 3.47. The first-order valence-corrected chi connectivity index (χ1v) is 7.39. The van der Waals surface area contributed by atoms with Crippen molar-refractivity contribution in [3.05, 3.63) is 34.3 Å². The molecule has 0 bridgehead atoms. The van der Waals surface area contributed by atoms with E-state index in [4.69, 9.17) is 0 Å². The Balaban J connectivity index is 2.81. The van der Waals surface area contributed by atoms with Gasteiger partial charge in [-0.2, -0.15) is 0 Å². The fraction of sp³-hybridized carbons (Fsp3) is 0.600. The molecule has 1 aromatic rings. The molecule has 1 aromatic carbocycles. The summed E-state index contributed by atoms with van der Waals surface area (Å²) < 4.78 is 1.07. The Morgan fingerprint density at radius 1 is 1.22 bits per heavy atom. The molecule has 2 nitrogen and oxygen atoms in total. The van der Waals surface area contributed by atoms with E-state index in [1.165, 1.54) is 0 Å². The largest absolute Gasteiger partial charge is 0.391 e. The van der Waals surface area contributed by atoms with Gasteiger partial charge in [0.05, 0.1) is 6.10 Å². The summed E-state index contributed by atoms with van der Waals surface area (Å²) in [7, 11) is 0. The number of aliphatic hydroxyl groups is 1. The number of likely N-dealkylation sites (N-methyl/N-ethyl adjacent to an activating group) is 1. The Morgan fingerprint density at radius 2 is 1.78 bits per heavy atom. The number of nitrogens with zero attached hydrogens (tertiary/aromatic N) is 1. The highest BCUT2D eigenvalue weighted by atomic mass is 79.9. The van der Waals surface area contributed by atoms with Crippen LogP contribution in [0.5, 0.6) is 0 Å². The quantitative estimate of drug-likeness (QED) is 0.869. The zero-order valence-corrected chi connectivity index (χ0v) is 13.4. The molecule has 0 aliphatic carbocycles. The fourth-order valence-corrected chi connectivity index (χ4v) is 2.82. The molecule has 3 heteroatoms. The third kappa shape index (κ3) is 3.56. The maximum Gasteiger partial charge on any atom is 0.0759 e. The molecule has 0 aliphatic rings. The summed E-state index contributed by atoms with van der Waals surface area (Å²) in [5.74, 6) is 0. The summed E-state index contributed by atoms with van der Waals surface area (Å²) in [6.07, 6.45) is 0.293. The van der Waals surface area contributed by atoms with Crippen LogP contribution in [0.15, 0.2) is 28.7 Å². The number of hydrogen-bond acceptors (Lipinski definition) is 2. The molecule has 0 aromatic heterocycles. The summed E-state index contributed by atoms with van der Waals surface area (Å²) in [5.41, 5.74) is 0.948. The third-order valence-electron chi connectivity index (χ3n) is 3.77. The number of halogens is 1. The van der Waals surface area contributed by atoms with Crippen molar-refractivity contribution >= 4 is 15.9 Å². The number of benzene rings is 1. The van der Waals surface area contributed by atoms with Crippen LogP contribution in [0.3, 0.4) is 0 Å². The minimum atomic E-state index is -0.379. The lowest BCUT2D eigenvalue weighted by molar-refractivity contribution is -0.00423. The average molecular weight is 314 g/mol. The van der Waals surface area contributed by atoms with E-state index >= 15 is 0 Å². The van der Waals surface area contributed by atoms with E-state index in [2.05, 4.69) is 54.6 Å². The summed E-state index contributed by atoms with van der Waals surface area (Å²) in [4.78, 5) is 2.30. The van der Waals surface area contributed by atoms with Crippen molar-refractivity contribution in [1.29, 1.82) is 0 Å².